The van der Waals surface area contributed by atoms with E-state index in [-0.39, 0.29) is 46.0 Å². The maximum absolute atomic E-state index is 12.7. The van der Waals surface area contributed by atoms with Crippen LogP contribution >= 0.6 is 0 Å². The number of pyridine rings is 3. The second-order valence-electron chi connectivity index (χ2n) is 5.68. The normalized spacial score (nSPS) is 10.8. The Hall–Kier alpha value is -3.61. The van der Waals surface area contributed by atoms with Gasteiger partial charge in [0.05, 0.1) is 32.9 Å². The summed E-state index contributed by atoms with van der Waals surface area (Å²) in [6.45, 7) is 7.59. The van der Waals surface area contributed by atoms with Gasteiger partial charge in [0.25, 0.3) is 11.1 Å². The van der Waals surface area contributed by atoms with Gasteiger partial charge in [-0.1, -0.05) is 12.2 Å². The second-order valence-corrected chi connectivity index (χ2v) is 5.68. The van der Waals surface area contributed by atoms with Crippen LogP contribution in [0.1, 0.15) is 20.7 Å². The molecule has 0 N–H and O–H groups in total. The molecule has 0 unspecified atom stereocenters. The van der Waals surface area contributed by atoms with Gasteiger partial charge in [-0.3, -0.25) is 19.2 Å². The van der Waals surface area contributed by atoms with Crippen molar-refractivity contribution >= 4 is 34.4 Å². The summed E-state index contributed by atoms with van der Waals surface area (Å²) in [7, 11) is 0. The Kier molecular flexibility index (Phi) is 4.45. The molecule has 130 valence electrons. The fourth-order valence-electron chi connectivity index (χ4n) is 2.89. The molecule has 26 heavy (non-hydrogen) atoms. The molecule has 0 radical (unpaired) electrons. The van der Waals surface area contributed by atoms with Gasteiger partial charge in [-0.25, -0.2) is 4.98 Å². The molecule has 3 aromatic rings. The predicted molar refractivity (Wildman–Crippen MR) is 98.9 cm³/mol. The lowest BCUT2D eigenvalue weighted by Gasteiger charge is -2.10. The molecule has 0 aliphatic rings. The van der Waals surface area contributed by atoms with Crippen molar-refractivity contribution in [3.63, 3.8) is 0 Å². The monoisotopic (exact) mass is 349 g/mol. The van der Waals surface area contributed by atoms with E-state index in [0.29, 0.717) is 12.6 Å². The molecule has 0 fully saturated rings. The molecule has 3 aromatic heterocycles. The van der Waals surface area contributed by atoms with Crippen molar-refractivity contribution in [1.82, 2.24) is 14.1 Å². The molecule has 3 rings (SSSR count). The Balaban J connectivity index is 2.55. The SMILES string of the molecule is C=CCn1cc(C=O)c2nc3c(C=O)cn(CC=C)c(=O)c3cc2c1=O. The number of aldehydes is 2. The number of hydrogen-bond donors (Lipinski definition) is 0. The standard InChI is InChI=1S/C19H15N3O4/c1-3-5-21-8-12(10-23)16-14(18(21)25)7-15-17(20-16)13(11-24)9-22(6-4-2)19(15)26/h3-4,7-11H,1-2,5-6H2. The smallest absolute Gasteiger partial charge is 0.260 e. The van der Waals surface area contributed by atoms with E-state index in [9.17, 15) is 19.2 Å². The van der Waals surface area contributed by atoms with Crippen LogP contribution in [-0.4, -0.2) is 26.7 Å². The fraction of sp³-hybridized carbons (Fsp3) is 0.105. The summed E-state index contributed by atoms with van der Waals surface area (Å²) in [6, 6.07) is 1.39. The van der Waals surface area contributed by atoms with Gasteiger partial charge < -0.3 is 9.13 Å². The molecule has 0 bridgehead atoms. The lowest BCUT2D eigenvalue weighted by atomic mass is 10.1. The first-order valence-corrected chi connectivity index (χ1v) is 7.79. The van der Waals surface area contributed by atoms with Crippen LogP contribution in [-0.2, 0) is 13.1 Å². The average molecular weight is 349 g/mol. The van der Waals surface area contributed by atoms with Gasteiger partial charge in [-0.2, -0.15) is 0 Å². The average Bonchev–Trinajstić information content (AvgIpc) is 2.65. The lowest BCUT2D eigenvalue weighted by Crippen LogP contribution is -2.23. The molecule has 0 aliphatic carbocycles. The highest BCUT2D eigenvalue weighted by Crippen LogP contribution is 2.19. The van der Waals surface area contributed by atoms with Crippen LogP contribution in [0.4, 0.5) is 0 Å². The van der Waals surface area contributed by atoms with Crippen LogP contribution in [0.15, 0.2) is 53.4 Å². The minimum atomic E-state index is -0.397. The molecule has 0 saturated carbocycles. The maximum atomic E-state index is 12.7. The van der Waals surface area contributed by atoms with Gasteiger partial charge in [0, 0.05) is 25.5 Å². The highest BCUT2D eigenvalue weighted by molar-refractivity contribution is 6.03. The quantitative estimate of drug-likeness (QED) is 0.384. The van der Waals surface area contributed by atoms with Gasteiger partial charge in [-0.15, -0.1) is 13.2 Å². The van der Waals surface area contributed by atoms with E-state index in [1.54, 1.807) is 0 Å². The van der Waals surface area contributed by atoms with Gasteiger partial charge >= 0.3 is 0 Å². The Labute approximate surface area is 147 Å². The summed E-state index contributed by atoms with van der Waals surface area (Å²) >= 11 is 0. The zero-order chi connectivity index (χ0) is 18.8. The molecule has 0 aromatic carbocycles. The Morgan fingerprint density at radius 2 is 1.27 bits per heavy atom. The van der Waals surface area contributed by atoms with Crippen molar-refractivity contribution in [3.05, 3.63) is 75.6 Å². The van der Waals surface area contributed by atoms with Gasteiger partial charge in [0.1, 0.15) is 0 Å². The number of carbonyl (C=O) groups is 2. The summed E-state index contributed by atoms with van der Waals surface area (Å²) in [5.41, 5.74) is -0.105. The Morgan fingerprint density at radius 3 is 1.62 bits per heavy atom. The minimum absolute atomic E-state index is 0.134. The van der Waals surface area contributed by atoms with Crippen molar-refractivity contribution in [1.29, 1.82) is 0 Å². The third-order valence-electron chi connectivity index (χ3n) is 4.05. The summed E-state index contributed by atoms with van der Waals surface area (Å²) < 4.78 is 2.64. The first-order valence-electron chi connectivity index (χ1n) is 7.79. The summed E-state index contributed by atoms with van der Waals surface area (Å²) in [5.74, 6) is 0. The number of allylic oxidation sites excluding steroid dienone is 2. The van der Waals surface area contributed by atoms with Gasteiger partial charge in [0.2, 0.25) is 0 Å². The number of hydrogen-bond acceptors (Lipinski definition) is 5. The molecular formula is C19H15N3O4. The topological polar surface area (TPSA) is 91.0 Å². The molecule has 0 amide bonds. The number of nitrogens with zero attached hydrogens (tertiary/aromatic N) is 3. The van der Waals surface area contributed by atoms with Crippen LogP contribution in [0.3, 0.4) is 0 Å². The summed E-state index contributed by atoms with van der Waals surface area (Å²) in [5, 5.41) is 0.267. The number of carbonyl (C=O) groups excluding carboxylic acids is 2. The molecule has 7 heteroatoms. The Morgan fingerprint density at radius 1 is 0.846 bits per heavy atom. The summed E-state index contributed by atoms with van der Waals surface area (Å²) in [6.07, 6.45) is 6.99. The minimum Gasteiger partial charge on any atom is -0.310 e. The van der Waals surface area contributed by atoms with Crippen molar-refractivity contribution in [2.45, 2.75) is 13.1 Å². The van der Waals surface area contributed by atoms with E-state index < -0.39 is 11.1 Å². The maximum Gasteiger partial charge on any atom is 0.260 e. The fourth-order valence-corrected chi connectivity index (χ4v) is 2.89. The number of fused-ring (bicyclic) bond motifs is 2. The first kappa shape index (κ1) is 17.2. The van der Waals surface area contributed by atoms with Crippen LogP contribution in [0, 0.1) is 0 Å². The molecule has 0 atom stereocenters. The van der Waals surface area contributed by atoms with Crippen LogP contribution in [0.5, 0.6) is 0 Å². The van der Waals surface area contributed by atoms with E-state index in [2.05, 4.69) is 18.1 Å². The second kappa shape index (κ2) is 6.72. The number of rotatable bonds is 6. The highest BCUT2D eigenvalue weighted by Gasteiger charge is 2.16. The summed E-state index contributed by atoms with van der Waals surface area (Å²) in [4.78, 5) is 52.6. The Bertz CT molecular complexity index is 1110. The van der Waals surface area contributed by atoms with Crippen molar-refractivity contribution in [2.75, 3.05) is 0 Å². The van der Waals surface area contributed by atoms with E-state index in [4.69, 9.17) is 0 Å². The zero-order valence-electron chi connectivity index (χ0n) is 13.8. The third-order valence-corrected chi connectivity index (χ3v) is 4.05. The van der Waals surface area contributed by atoms with Crippen LogP contribution in [0.2, 0.25) is 0 Å². The van der Waals surface area contributed by atoms with Gasteiger partial charge in [0.15, 0.2) is 12.6 Å². The zero-order valence-corrected chi connectivity index (χ0v) is 13.8. The third kappa shape index (κ3) is 2.59. The van der Waals surface area contributed by atoms with E-state index in [1.807, 2.05) is 0 Å². The number of aromatic nitrogens is 3. The molecule has 0 spiro atoms. The van der Waals surface area contributed by atoms with E-state index in [0.717, 1.165) is 0 Å². The van der Waals surface area contributed by atoms with Crippen LogP contribution in [0.25, 0.3) is 21.8 Å². The van der Waals surface area contributed by atoms with Crippen LogP contribution < -0.4 is 11.1 Å². The van der Waals surface area contributed by atoms with Crippen molar-refractivity contribution < 1.29 is 9.59 Å². The highest BCUT2D eigenvalue weighted by atomic mass is 16.1. The molecule has 0 aliphatic heterocycles. The first-order chi connectivity index (χ1) is 12.5. The van der Waals surface area contributed by atoms with E-state index in [1.165, 1.54) is 39.7 Å². The van der Waals surface area contributed by atoms with Crippen molar-refractivity contribution in [2.24, 2.45) is 0 Å². The molecule has 3 heterocycles. The molecular weight excluding hydrogens is 334 g/mol. The van der Waals surface area contributed by atoms with E-state index >= 15 is 0 Å². The van der Waals surface area contributed by atoms with Crippen molar-refractivity contribution in [3.8, 4) is 0 Å². The van der Waals surface area contributed by atoms with Gasteiger partial charge in [-0.05, 0) is 6.07 Å². The molecule has 7 nitrogen and oxygen atoms in total. The largest absolute Gasteiger partial charge is 0.310 e. The molecule has 0 saturated heterocycles. The lowest BCUT2D eigenvalue weighted by molar-refractivity contribution is 0.111. The predicted octanol–water partition coefficient (Wildman–Crippen LogP) is 1.71.